The summed E-state index contributed by atoms with van der Waals surface area (Å²) in [6.45, 7) is 3.10. The van der Waals surface area contributed by atoms with Crippen LogP contribution in [0.3, 0.4) is 0 Å². The van der Waals surface area contributed by atoms with Gasteiger partial charge in [0.15, 0.2) is 0 Å². The first-order valence-electron chi connectivity index (χ1n) is 8.22. The van der Waals surface area contributed by atoms with Crippen molar-refractivity contribution >= 4 is 18.3 Å². The van der Waals surface area contributed by atoms with Crippen LogP contribution in [0.25, 0.3) is 0 Å². The van der Waals surface area contributed by atoms with Crippen molar-refractivity contribution in [1.82, 2.24) is 10.6 Å². The second kappa shape index (κ2) is 5.49. The lowest BCUT2D eigenvalue weighted by atomic mass is 9.49. The first-order valence-corrected chi connectivity index (χ1v) is 8.22. The number of hydrogen-bond acceptors (Lipinski definition) is 2. The van der Waals surface area contributed by atoms with E-state index in [4.69, 9.17) is 0 Å². The van der Waals surface area contributed by atoms with Gasteiger partial charge in [-0.3, -0.25) is 4.79 Å². The van der Waals surface area contributed by atoms with E-state index in [-0.39, 0.29) is 17.8 Å². The molecule has 2 N–H and O–H groups in total. The van der Waals surface area contributed by atoms with Crippen molar-refractivity contribution in [3.8, 4) is 0 Å². The molecule has 4 aliphatic carbocycles. The molecule has 0 aromatic heterocycles. The molecule has 5 fully saturated rings. The molecule has 4 heteroatoms. The van der Waals surface area contributed by atoms with Crippen LogP contribution in [0.1, 0.15) is 44.9 Å². The largest absolute Gasteiger partial charge is 0.355 e. The van der Waals surface area contributed by atoms with Crippen LogP contribution in [0, 0.1) is 29.1 Å². The van der Waals surface area contributed by atoms with E-state index in [2.05, 4.69) is 10.6 Å². The molecule has 0 aromatic rings. The zero-order chi connectivity index (χ0) is 12.9. The van der Waals surface area contributed by atoms with Crippen LogP contribution in [0.2, 0.25) is 0 Å². The summed E-state index contributed by atoms with van der Waals surface area (Å²) in [6.07, 6.45) is 9.04. The molecule has 1 amide bonds. The van der Waals surface area contributed by atoms with E-state index in [1.807, 2.05) is 0 Å². The molecule has 0 spiro atoms. The van der Waals surface area contributed by atoms with Gasteiger partial charge in [-0.15, -0.1) is 12.4 Å². The molecule has 114 valence electrons. The summed E-state index contributed by atoms with van der Waals surface area (Å²) >= 11 is 0. The minimum atomic E-state index is 0. The summed E-state index contributed by atoms with van der Waals surface area (Å²) in [5.74, 6) is 3.66. The number of rotatable bonds is 3. The predicted molar refractivity (Wildman–Crippen MR) is 81.8 cm³/mol. The van der Waals surface area contributed by atoms with Crippen LogP contribution in [-0.4, -0.2) is 25.5 Å². The fourth-order valence-corrected chi connectivity index (χ4v) is 5.70. The second-order valence-electron chi connectivity index (χ2n) is 7.77. The van der Waals surface area contributed by atoms with Gasteiger partial charge in [-0.25, -0.2) is 0 Å². The minimum absolute atomic E-state index is 0. The molecule has 1 aliphatic heterocycles. The lowest BCUT2D eigenvalue weighted by molar-refractivity contribution is -0.146. The third-order valence-corrected chi connectivity index (χ3v) is 6.23. The van der Waals surface area contributed by atoms with Gasteiger partial charge in [0.2, 0.25) is 5.91 Å². The molecule has 5 aliphatic rings. The van der Waals surface area contributed by atoms with Crippen LogP contribution in [0.4, 0.5) is 0 Å². The van der Waals surface area contributed by atoms with Gasteiger partial charge in [0.1, 0.15) is 0 Å². The fraction of sp³-hybridized carbons (Fsp3) is 0.938. The average molecular weight is 299 g/mol. The van der Waals surface area contributed by atoms with Crippen LogP contribution in [-0.2, 0) is 4.79 Å². The van der Waals surface area contributed by atoms with E-state index in [9.17, 15) is 4.79 Å². The molecule has 1 saturated heterocycles. The van der Waals surface area contributed by atoms with Crippen molar-refractivity contribution in [2.45, 2.75) is 44.9 Å². The van der Waals surface area contributed by atoms with E-state index < -0.39 is 0 Å². The van der Waals surface area contributed by atoms with Gasteiger partial charge in [-0.05, 0) is 81.7 Å². The molecule has 1 atom stereocenters. The monoisotopic (exact) mass is 298 g/mol. The number of halogens is 1. The van der Waals surface area contributed by atoms with Gasteiger partial charge < -0.3 is 10.6 Å². The Kier molecular flexibility index (Phi) is 4.02. The Morgan fingerprint density at radius 3 is 2.20 bits per heavy atom. The number of carbonyl (C=O) groups excluding carboxylic acids is 1. The van der Waals surface area contributed by atoms with Gasteiger partial charge in [0, 0.05) is 12.0 Å². The average Bonchev–Trinajstić information content (AvgIpc) is 2.87. The molecule has 5 rings (SSSR count). The lowest BCUT2D eigenvalue weighted by Gasteiger charge is -2.55. The zero-order valence-electron chi connectivity index (χ0n) is 12.2. The third-order valence-electron chi connectivity index (χ3n) is 6.23. The fourth-order valence-electron chi connectivity index (χ4n) is 5.70. The SMILES string of the molecule is Cl.O=C(NCC1CCNC1)C12CC3CC(CC(C3)C1)C2. The molecule has 1 unspecified atom stereocenters. The smallest absolute Gasteiger partial charge is 0.226 e. The van der Waals surface area contributed by atoms with E-state index in [0.29, 0.717) is 11.8 Å². The summed E-state index contributed by atoms with van der Waals surface area (Å²) in [4.78, 5) is 12.7. The number of hydrogen-bond donors (Lipinski definition) is 2. The Labute approximate surface area is 128 Å². The number of carbonyl (C=O) groups is 1. The van der Waals surface area contributed by atoms with Gasteiger partial charge in [0.25, 0.3) is 0 Å². The molecular formula is C16H27ClN2O. The first-order chi connectivity index (χ1) is 9.23. The minimum Gasteiger partial charge on any atom is -0.355 e. The Morgan fingerprint density at radius 2 is 1.70 bits per heavy atom. The summed E-state index contributed by atoms with van der Waals surface area (Å²) in [7, 11) is 0. The second-order valence-corrected chi connectivity index (χ2v) is 7.77. The molecule has 4 saturated carbocycles. The van der Waals surface area contributed by atoms with Crippen LogP contribution >= 0.6 is 12.4 Å². The van der Waals surface area contributed by atoms with Gasteiger partial charge in [-0.1, -0.05) is 0 Å². The van der Waals surface area contributed by atoms with E-state index in [1.165, 1.54) is 44.9 Å². The van der Waals surface area contributed by atoms with Crippen LogP contribution in [0.5, 0.6) is 0 Å². The maximum absolute atomic E-state index is 12.7. The number of nitrogens with one attached hydrogen (secondary N) is 2. The topological polar surface area (TPSA) is 41.1 Å². The highest BCUT2D eigenvalue weighted by molar-refractivity contribution is 5.85. The molecule has 0 aromatic carbocycles. The Bertz CT molecular complexity index is 343. The Balaban J connectivity index is 0.00000121. The van der Waals surface area contributed by atoms with Crippen molar-refractivity contribution in [1.29, 1.82) is 0 Å². The van der Waals surface area contributed by atoms with Crippen molar-refractivity contribution in [2.24, 2.45) is 29.1 Å². The standard InChI is InChI=1S/C16H26N2O.ClH/c19-15(18-10-11-1-2-17-9-11)16-6-12-3-13(7-16)5-14(4-12)8-16;/h11-14,17H,1-10H2,(H,18,19);1H. The summed E-state index contributed by atoms with van der Waals surface area (Å²) in [6, 6.07) is 0. The Morgan fingerprint density at radius 1 is 1.10 bits per heavy atom. The van der Waals surface area contributed by atoms with Crippen LogP contribution < -0.4 is 10.6 Å². The highest BCUT2D eigenvalue weighted by Crippen LogP contribution is 2.60. The summed E-state index contributed by atoms with van der Waals surface area (Å²) in [5, 5.41) is 6.68. The highest BCUT2D eigenvalue weighted by Gasteiger charge is 2.54. The van der Waals surface area contributed by atoms with Crippen molar-refractivity contribution in [3.05, 3.63) is 0 Å². The van der Waals surface area contributed by atoms with E-state index >= 15 is 0 Å². The maximum Gasteiger partial charge on any atom is 0.226 e. The van der Waals surface area contributed by atoms with E-state index in [1.54, 1.807) is 0 Å². The quantitative estimate of drug-likeness (QED) is 0.840. The van der Waals surface area contributed by atoms with Gasteiger partial charge in [-0.2, -0.15) is 0 Å². The van der Waals surface area contributed by atoms with Crippen molar-refractivity contribution in [3.63, 3.8) is 0 Å². The molecule has 20 heavy (non-hydrogen) atoms. The molecule has 1 heterocycles. The summed E-state index contributed by atoms with van der Waals surface area (Å²) in [5.41, 5.74) is 0.0424. The third kappa shape index (κ3) is 2.48. The lowest BCUT2D eigenvalue weighted by Crippen LogP contribution is -2.54. The molecule has 3 nitrogen and oxygen atoms in total. The predicted octanol–water partition coefficient (Wildman–Crippen LogP) is 2.35. The molecule has 4 bridgehead atoms. The first kappa shape index (κ1) is 14.6. The van der Waals surface area contributed by atoms with Crippen molar-refractivity contribution < 1.29 is 4.79 Å². The maximum atomic E-state index is 12.7. The highest BCUT2D eigenvalue weighted by atomic mass is 35.5. The van der Waals surface area contributed by atoms with Gasteiger partial charge in [0.05, 0.1) is 0 Å². The normalized spacial score (nSPS) is 45.2. The summed E-state index contributed by atoms with van der Waals surface area (Å²) < 4.78 is 0. The molecule has 0 radical (unpaired) electrons. The van der Waals surface area contributed by atoms with Crippen molar-refractivity contribution in [2.75, 3.05) is 19.6 Å². The van der Waals surface area contributed by atoms with E-state index in [0.717, 1.165) is 37.4 Å². The van der Waals surface area contributed by atoms with Crippen LogP contribution in [0.15, 0.2) is 0 Å². The zero-order valence-corrected chi connectivity index (χ0v) is 13.0. The number of amides is 1. The molecular weight excluding hydrogens is 272 g/mol. The van der Waals surface area contributed by atoms with Gasteiger partial charge >= 0.3 is 0 Å². The Hall–Kier alpha value is -0.280.